The fourth-order valence-corrected chi connectivity index (χ4v) is 8.84. The van der Waals surface area contributed by atoms with Crippen molar-refractivity contribution >= 4 is 64.2 Å². The number of rotatable bonds is 28. The molecule has 0 aliphatic heterocycles. The lowest BCUT2D eigenvalue weighted by Gasteiger charge is -2.27. The first-order valence-corrected chi connectivity index (χ1v) is 23.6. The zero-order chi connectivity index (χ0) is 39.0. The van der Waals surface area contributed by atoms with Gasteiger partial charge in [-0.05, 0) is 73.6 Å². The van der Waals surface area contributed by atoms with Crippen molar-refractivity contribution in [2.75, 3.05) is 26.4 Å². The van der Waals surface area contributed by atoms with Crippen LogP contribution in [-0.4, -0.2) is 26.4 Å². The zero-order valence-corrected chi connectivity index (χ0v) is 38.3. The summed E-state index contributed by atoms with van der Waals surface area (Å²) in [6.07, 6.45) is 18.7. The first-order valence-electron chi connectivity index (χ1n) is 22.0. The van der Waals surface area contributed by atoms with Crippen LogP contribution in [0.5, 0.6) is 23.0 Å². The topological polar surface area (TPSA) is 36.9 Å². The average Bonchev–Trinajstić information content (AvgIpc) is 3.17. The van der Waals surface area contributed by atoms with Gasteiger partial charge in [-0.3, -0.25) is 0 Å². The van der Waals surface area contributed by atoms with Gasteiger partial charge in [0.1, 0.15) is 0 Å². The van der Waals surface area contributed by atoms with E-state index in [1.807, 2.05) is 0 Å². The minimum absolute atomic E-state index is 0.487. The molecule has 0 saturated carbocycles. The monoisotopic (exact) mass is 870 g/mol. The summed E-state index contributed by atoms with van der Waals surface area (Å²) in [6, 6.07) is 8.96. The maximum absolute atomic E-state index is 7.07. The summed E-state index contributed by atoms with van der Waals surface area (Å²) in [6.45, 7) is 20.9. The lowest BCUT2D eigenvalue weighted by Crippen LogP contribution is -2.16. The lowest BCUT2D eigenvalue weighted by molar-refractivity contribution is 0.202. The van der Waals surface area contributed by atoms with Crippen molar-refractivity contribution in [3.05, 3.63) is 33.2 Å². The van der Waals surface area contributed by atoms with Gasteiger partial charge in [0, 0.05) is 41.3 Å². The van der Waals surface area contributed by atoms with Crippen LogP contribution in [0.4, 0.5) is 0 Å². The second kappa shape index (κ2) is 23.3. The van der Waals surface area contributed by atoms with E-state index in [9.17, 15) is 0 Å². The normalized spacial score (nSPS) is 14.2. The Labute approximate surface area is 345 Å². The van der Waals surface area contributed by atoms with Gasteiger partial charge in [0.2, 0.25) is 0 Å². The SMILES string of the molecule is CCCCC(CC)COc1c(OCC(CC)CCCC)c2cc(Br)cc3c(OCC(CC)CCCC)c(OCC(CC)CCCC)c4cc(Br)cc1c4c23. The molecule has 0 aromatic heterocycles. The molecule has 302 valence electrons. The van der Waals surface area contributed by atoms with E-state index < -0.39 is 0 Å². The van der Waals surface area contributed by atoms with Crippen LogP contribution >= 0.6 is 31.9 Å². The Hall–Kier alpha value is -1.92. The Bertz CT molecular complexity index is 1450. The van der Waals surface area contributed by atoms with Crippen molar-refractivity contribution < 1.29 is 18.9 Å². The first-order chi connectivity index (χ1) is 26.3. The van der Waals surface area contributed by atoms with Crippen molar-refractivity contribution in [2.24, 2.45) is 23.7 Å². The highest BCUT2D eigenvalue weighted by Gasteiger charge is 2.29. The molecule has 54 heavy (non-hydrogen) atoms. The molecule has 0 saturated heterocycles. The fraction of sp³-hybridized carbons (Fsp3) is 0.667. The Kier molecular flexibility index (Phi) is 19.4. The Balaban J connectivity index is 2.03. The molecule has 0 N–H and O–H groups in total. The number of ether oxygens (including phenoxy) is 4. The third kappa shape index (κ3) is 11.6. The average molecular weight is 873 g/mol. The van der Waals surface area contributed by atoms with E-state index in [-0.39, 0.29) is 0 Å². The van der Waals surface area contributed by atoms with Crippen LogP contribution in [0.25, 0.3) is 32.3 Å². The quantitative estimate of drug-likeness (QED) is 0.0533. The van der Waals surface area contributed by atoms with Crippen molar-refractivity contribution in [1.82, 2.24) is 0 Å². The molecule has 0 radical (unpaired) electrons. The van der Waals surface area contributed by atoms with Crippen LogP contribution in [0.3, 0.4) is 0 Å². The summed E-state index contributed by atoms with van der Waals surface area (Å²) in [5.41, 5.74) is 0. The van der Waals surface area contributed by atoms with Crippen LogP contribution in [0.15, 0.2) is 33.2 Å². The van der Waals surface area contributed by atoms with E-state index in [1.54, 1.807) is 0 Å². The number of unbranched alkanes of at least 4 members (excludes halogenated alkanes) is 4. The van der Waals surface area contributed by atoms with Gasteiger partial charge in [0.15, 0.2) is 23.0 Å². The molecule has 4 rings (SSSR count). The summed E-state index contributed by atoms with van der Waals surface area (Å²) in [4.78, 5) is 0. The van der Waals surface area contributed by atoms with E-state index in [0.29, 0.717) is 50.1 Å². The molecule has 4 unspecified atom stereocenters. The summed E-state index contributed by atoms with van der Waals surface area (Å²) in [5.74, 6) is 5.37. The van der Waals surface area contributed by atoms with Gasteiger partial charge >= 0.3 is 0 Å². The smallest absolute Gasteiger partial charge is 0.169 e. The maximum atomic E-state index is 7.07. The molecule has 6 heteroatoms. The third-order valence-corrected chi connectivity index (χ3v) is 12.8. The Morgan fingerprint density at radius 3 is 0.796 bits per heavy atom. The minimum atomic E-state index is 0.487. The Morgan fingerprint density at radius 2 is 0.611 bits per heavy atom. The summed E-state index contributed by atoms with van der Waals surface area (Å²) >= 11 is 7.93. The number of hydrogen-bond acceptors (Lipinski definition) is 4. The second-order valence-electron chi connectivity index (χ2n) is 16.0. The zero-order valence-electron chi connectivity index (χ0n) is 35.1. The largest absolute Gasteiger partial charge is 0.489 e. The van der Waals surface area contributed by atoms with E-state index in [2.05, 4.69) is 112 Å². The standard InChI is InChI=1S/C48H72Br2O4/c1-9-17-21-33(13-5)29-51-45-39-25-37(49)27-41-43(39)44-40(46(45)52-30-34(14-6)22-18-10-2)26-38(50)28-42(44)48(54-32-36(16-8)24-20-12-4)47(41)53-31-35(15-7)23-19-11-3/h25-28,33-36H,9-24,29-32H2,1-8H3. The van der Waals surface area contributed by atoms with Crippen molar-refractivity contribution in [3.63, 3.8) is 0 Å². The number of hydrogen-bond donors (Lipinski definition) is 0. The van der Waals surface area contributed by atoms with Crippen LogP contribution < -0.4 is 18.9 Å². The van der Waals surface area contributed by atoms with Gasteiger partial charge < -0.3 is 18.9 Å². The van der Waals surface area contributed by atoms with Gasteiger partial charge in [0.05, 0.1) is 26.4 Å². The van der Waals surface area contributed by atoms with E-state index in [0.717, 1.165) is 79.2 Å². The highest BCUT2D eigenvalue weighted by molar-refractivity contribution is 9.10. The van der Waals surface area contributed by atoms with Crippen molar-refractivity contribution in [2.45, 2.75) is 158 Å². The van der Waals surface area contributed by atoms with Crippen molar-refractivity contribution in [3.8, 4) is 23.0 Å². The van der Waals surface area contributed by atoms with Gasteiger partial charge in [-0.1, -0.05) is 164 Å². The molecule has 0 heterocycles. The molecule has 4 nitrogen and oxygen atoms in total. The van der Waals surface area contributed by atoms with Gasteiger partial charge in [-0.2, -0.15) is 0 Å². The van der Waals surface area contributed by atoms with Crippen LogP contribution in [0, 0.1) is 23.7 Å². The van der Waals surface area contributed by atoms with Crippen molar-refractivity contribution in [1.29, 1.82) is 0 Å². The molecule has 0 spiro atoms. The molecule has 0 bridgehead atoms. The Morgan fingerprint density at radius 1 is 0.389 bits per heavy atom. The molecule has 4 aromatic carbocycles. The van der Waals surface area contributed by atoms with E-state index in [1.165, 1.54) is 87.8 Å². The van der Waals surface area contributed by atoms with Gasteiger partial charge in [-0.15, -0.1) is 0 Å². The number of benzene rings is 4. The van der Waals surface area contributed by atoms with Gasteiger partial charge in [0.25, 0.3) is 0 Å². The molecule has 0 fully saturated rings. The predicted octanol–water partition coefficient (Wildman–Crippen LogP) is 16.5. The second-order valence-corrected chi connectivity index (χ2v) is 17.8. The highest BCUT2D eigenvalue weighted by atomic mass is 79.9. The summed E-state index contributed by atoms with van der Waals surface area (Å²) in [7, 11) is 0. The highest BCUT2D eigenvalue weighted by Crippen LogP contribution is 2.55. The predicted molar refractivity (Wildman–Crippen MR) is 241 cm³/mol. The van der Waals surface area contributed by atoms with E-state index >= 15 is 0 Å². The number of halogens is 2. The fourth-order valence-electron chi connectivity index (χ4n) is 7.93. The third-order valence-electron chi connectivity index (χ3n) is 11.9. The molecular formula is C48H72Br2O4. The molecule has 0 amide bonds. The lowest BCUT2D eigenvalue weighted by atomic mass is 9.91. The molecule has 4 aromatic rings. The van der Waals surface area contributed by atoms with Gasteiger partial charge in [-0.25, -0.2) is 0 Å². The summed E-state index contributed by atoms with van der Waals surface area (Å²) < 4.78 is 30.3. The maximum Gasteiger partial charge on any atom is 0.169 e. The molecular weight excluding hydrogens is 800 g/mol. The minimum Gasteiger partial charge on any atom is -0.489 e. The molecule has 0 aliphatic carbocycles. The van der Waals surface area contributed by atoms with Crippen LogP contribution in [0.2, 0.25) is 0 Å². The first kappa shape index (κ1) is 44.8. The summed E-state index contributed by atoms with van der Waals surface area (Å²) in [5, 5.41) is 6.63. The van der Waals surface area contributed by atoms with Crippen LogP contribution in [-0.2, 0) is 0 Å². The van der Waals surface area contributed by atoms with E-state index in [4.69, 9.17) is 18.9 Å². The molecule has 0 aliphatic rings. The van der Waals surface area contributed by atoms with Crippen LogP contribution in [0.1, 0.15) is 158 Å². The molecule has 4 atom stereocenters.